The quantitative estimate of drug-likeness (QED) is 0.232. The normalized spacial score (nSPS) is 15.3. The number of amides is 4. The van der Waals surface area contributed by atoms with Gasteiger partial charge in [0.05, 0.1) is 12.5 Å². The van der Waals surface area contributed by atoms with E-state index < -0.39 is 60.2 Å². The Bertz CT molecular complexity index is 607. The van der Waals surface area contributed by atoms with E-state index in [2.05, 4.69) is 16.0 Å². The van der Waals surface area contributed by atoms with Gasteiger partial charge in [0.15, 0.2) is 0 Å². The van der Waals surface area contributed by atoms with Crippen LogP contribution in [0.3, 0.4) is 0 Å². The number of aliphatic carboxylic acids is 1. The fourth-order valence-electron chi connectivity index (χ4n) is 2.13. The summed E-state index contributed by atoms with van der Waals surface area (Å²) >= 11 is 0. The second-order valence-corrected chi connectivity index (χ2v) is 7.30. The van der Waals surface area contributed by atoms with Gasteiger partial charge in [0.2, 0.25) is 23.6 Å². The van der Waals surface area contributed by atoms with Gasteiger partial charge in [0.25, 0.3) is 0 Å². The Kier molecular flexibility index (Phi) is 10.1. The average Bonchev–Trinajstić information content (AvgIpc) is 2.56. The molecule has 0 fully saturated rings. The second kappa shape index (κ2) is 11.2. The van der Waals surface area contributed by atoms with Crippen LogP contribution in [0.5, 0.6) is 0 Å². The van der Waals surface area contributed by atoms with Crippen molar-refractivity contribution in [1.29, 1.82) is 0 Å². The molecular formula is C17H31N5O6. The highest BCUT2D eigenvalue weighted by atomic mass is 16.4. The first-order valence-corrected chi connectivity index (χ1v) is 8.95. The lowest BCUT2D eigenvalue weighted by Gasteiger charge is -2.27. The van der Waals surface area contributed by atoms with Gasteiger partial charge in [-0.25, -0.2) is 0 Å². The third kappa shape index (κ3) is 8.33. The molecule has 0 bridgehead atoms. The molecule has 4 atom stereocenters. The number of carbonyl (C=O) groups is 5. The van der Waals surface area contributed by atoms with E-state index in [-0.39, 0.29) is 11.8 Å². The van der Waals surface area contributed by atoms with Crippen molar-refractivity contribution in [3.8, 4) is 0 Å². The van der Waals surface area contributed by atoms with Gasteiger partial charge >= 0.3 is 5.97 Å². The maximum atomic E-state index is 12.6. The minimum Gasteiger partial charge on any atom is -0.480 e. The lowest BCUT2D eigenvalue weighted by atomic mass is 9.99. The van der Waals surface area contributed by atoms with Crippen LogP contribution in [0.25, 0.3) is 0 Å². The summed E-state index contributed by atoms with van der Waals surface area (Å²) < 4.78 is 0. The SMILES string of the molecule is CC(NC(=O)C(CC(N)=O)NC(=O)C(NC(=O)C(N)C(C)C)C(C)C)C(=O)O. The van der Waals surface area contributed by atoms with Gasteiger partial charge in [-0.05, 0) is 18.8 Å². The number of nitrogens with one attached hydrogen (secondary N) is 3. The zero-order valence-corrected chi connectivity index (χ0v) is 16.8. The molecule has 0 aliphatic rings. The molecule has 28 heavy (non-hydrogen) atoms. The van der Waals surface area contributed by atoms with Crippen LogP contribution in [-0.4, -0.2) is 58.9 Å². The number of primary amides is 1. The molecule has 0 saturated heterocycles. The van der Waals surface area contributed by atoms with E-state index in [0.717, 1.165) is 0 Å². The fourth-order valence-corrected chi connectivity index (χ4v) is 2.13. The number of carbonyl (C=O) groups excluding carboxylic acids is 4. The smallest absolute Gasteiger partial charge is 0.325 e. The molecule has 0 rings (SSSR count). The van der Waals surface area contributed by atoms with Crippen LogP contribution in [0.15, 0.2) is 0 Å². The van der Waals surface area contributed by atoms with Crippen LogP contribution in [0.4, 0.5) is 0 Å². The number of rotatable bonds is 11. The molecule has 160 valence electrons. The van der Waals surface area contributed by atoms with Crippen molar-refractivity contribution >= 4 is 29.6 Å². The molecule has 0 aliphatic carbocycles. The molecule has 0 aromatic carbocycles. The molecule has 0 aromatic rings. The molecule has 0 aliphatic heterocycles. The Hall–Kier alpha value is -2.69. The number of carboxylic acid groups (broad SMARTS) is 1. The molecule has 4 unspecified atom stereocenters. The average molecular weight is 401 g/mol. The van der Waals surface area contributed by atoms with E-state index in [1.165, 1.54) is 6.92 Å². The second-order valence-electron chi connectivity index (χ2n) is 7.30. The molecular weight excluding hydrogens is 370 g/mol. The van der Waals surface area contributed by atoms with E-state index in [0.29, 0.717) is 0 Å². The van der Waals surface area contributed by atoms with Gasteiger partial charge in [0.1, 0.15) is 18.1 Å². The van der Waals surface area contributed by atoms with E-state index in [1.54, 1.807) is 27.7 Å². The molecule has 0 aromatic heterocycles. The minimum absolute atomic E-state index is 0.151. The highest BCUT2D eigenvalue weighted by molar-refractivity contribution is 5.96. The Balaban J connectivity index is 5.32. The molecule has 0 spiro atoms. The van der Waals surface area contributed by atoms with E-state index in [9.17, 15) is 24.0 Å². The molecule has 4 amide bonds. The van der Waals surface area contributed by atoms with Crippen LogP contribution in [0.2, 0.25) is 0 Å². The summed E-state index contributed by atoms with van der Waals surface area (Å²) in [5.41, 5.74) is 10.9. The predicted octanol–water partition coefficient (Wildman–Crippen LogP) is -1.94. The first-order valence-electron chi connectivity index (χ1n) is 8.95. The third-order valence-electron chi connectivity index (χ3n) is 4.04. The summed E-state index contributed by atoms with van der Waals surface area (Å²) in [6.07, 6.45) is -0.534. The summed E-state index contributed by atoms with van der Waals surface area (Å²) in [6.45, 7) is 8.10. The highest BCUT2D eigenvalue weighted by Crippen LogP contribution is 2.06. The van der Waals surface area contributed by atoms with Crippen LogP contribution in [0, 0.1) is 11.8 Å². The summed E-state index contributed by atoms with van der Waals surface area (Å²) in [6, 6.07) is -4.46. The Morgan fingerprint density at radius 2 is 1.36 bits per heavy atom. The lowest BCUT2D eigenvalue weighted by Crippen LogP contribution is -2.59. The first-order chi connectivity index (χ1) is 12.8. The van der Waals surface area contributed by atoms with Crippen molar-refractivity contribution in [3.05, 3.63) is 0 Å². The fraction of sp³-hybridized carbons (Fsp3) is 0.706. The third-order valence-corrected chi connectivity index (χ3v) is 4.04. The maximum Gasteiger partial charge on any atom is 0.325 e. The van der Waals surface area contributed by atoms with Gasteiger partial charge in [-0.3, -0.25) is 24.0 Å². The van der Waals surface area contributed by atoms with E-state index >= 15 is 0 Å². The standard InChI is InChI=1S/C17H31N5O6/c1-7(2)12(19)15(25)22-13(8(3)4)16(26)21-10(6-11(18)23)14(24)20-9(5)17(27)28/h7-10,12-13H,6,19H2,1-5H3,(H2,18,23)(H,20,24)(H,21,26)(H,22,25)(H,27,28). The van der Waals surface area contributed by atoms with Crippen molar-refractivity contribution in [2.24, 2.45) is 23.3 Å². The summed E-state index contributed by atoms with van der Waals surface area (Å²) in [7, 11) is 0. The van der Waals surface area contributed by atoms with E-state index in [4.69, 9.17) is 16.6 Å². The Labute approximate surface area is 164 Å². The summed E-state index contributed by atoms with van der Waals surface area (Å²) in [5, 5.41) is 15.9. The van der Waals surface area contributed by atoms with E-state index in [1.807, 2.05) is 0 Å². The van der Waals surface area contributed by atoms with Crippen molar-refractivity contribution in [2.45, 2.75) is 65.2 Å². The van der Waals surface area contributed by atoms with Gasteiger partial charge in [-0.1, -0.05) is 27.7 Å². The minimum atomic E-state index is -1.39. The van der Waals surface area contributed by atoms with Crippen LogP contribution < -0.4 is 27.4 Å². The number of carboxylic acids is 1. The topological polar surface area (TPSA) is 194 Å². The zero-order valence-electron chi connectivity index (χ0n) is 16.8. The van der Waals surface area contributed by atoms with Crippen LogP contribution >= 0.6 is 0 Å². The molecule has 11 nitrogen and oxygen atoms in total. The van der Waals surface area contributed by atoms with Crippen LogP contribution in [-0.2, 0) is 24.0 Å². The Morgan fingerprint density at radius 1 is 0.821 bits per heavy atom. The number of hydrogen-bond donors (Lipinski definition) is 6. The van der Waals surface area contributed by atoms with Gasteiger partial charge in [0, 0.05) is 0 Å². The van der Waals surface area contributed by atoms with Crippen molar-refractivity contribution < 1.29 is 29.1 Å². The van der Waals surface area contributed by atoms with Crippen molar-refractivity contribution in [3.63, 3.8) is 0 Å². The maximum absolute atomic E-state index is 12.6. The molecule has 0 radical (unpaired) electrons. The monoisotopic (exact) mass is 401 g/mol. The van der Waals surface area contributed by atoms with Crippen molar-refractivity contribution in [1.82, 2.24) is 16.0 Å². The first kappa shape index (κ1) is 25.3. The number of nitrogens with two attached hydrogens (primary N) is 2. The molecule has 0 heterocycles. The van der Waals surface area contributed by atoms with Gasteiger partial charge in [-0.2, -0.15) is 0 Å². The predicted molar refractivity (Wildman–Crippen MR) is 101 cm³/mol. The number of hydrogen-bond acceptors (Lipinski definition) is 6. The summed E-state index contributed by atoms with van der Waals surface area (Å²) in [4.78, 5) is 59.2. The Morgan fingerprint density at radius 3 is 1.75 bits per heavy atom. The summed E-state index contributed by atoms with van der Waals surface area (Å²) in [5.74, 6) is -4.78. The molecule has 11 heteroatoms. The van der Waals surface area contributed by atoms with Gasteiger partial charge < -0.3 is 32.5 Å². The van der Waals surface area contributed by atoms with Crippen LogP contribution in [0.1, 0.15) is 41.0 Å². The zero-order chi connectivity index (χ0) is 22.2. The molecule has 8 N–H and O–H groups in total. The molecule has 0 saturated carbocycles. The largest absolute Gasteiger partial charge is 0.480 e. The lowest BCUT2D eigenvalue weighted by molar-refractivity contribution is -0.142. The van der Waals surface area contributed by atoms with Gasteiger partial charge in [-0.15, -0.1) is 0 Å². The highest BCUT2D eigenvalue weighted by Gasteiger charge is 2.32. The van der Waals surface area contributed by atoms with Crippen molar-refractivity contribution in [2.75, 3.05) is 0 Å².